The van der Waals surface area contributed by atoms with Gasteiger partial charge in [0.1, 0.15) is 17.2 Å². The number of halogens is 1. The van der Waals surface area contributed by atoms with Gasteiger partial charge >= 0.3 is 0 Å². The molecule has 2 aliphatic carbocycles. The Balaban J connectivity index is 1.64. The minimum absolute atomic E-state index is 0.0171. The first-order valence-corrected chi connectivity index (χ1v) is 12.1. The van der Waals surface area contributed by atoms with E-state index in [9.17, 15) is 17.6 Å². The molecule has 0 bridgehead atoms. The van der Waals surface area contributed by atoms with Gasteiger partial charge in [-0.05, 0) is 60.6 Å². The van der Waals surface area contributed by atoms with Crippen LogP contribution in [0, 0.1) is 11.2 Å². The summed E-state index contributed by atoms with van der Waals surface area (Å²) in [5.74, 6) is -0.340. The van der Waals surface area contributed by atoms with Gasteiger partial charge in [0.25, 0.3) is 5.91 Å². The van der Waals surface area contributed by atoms with E-state index in [1.54, 1.807) is 25.2 Å². The van der Waals surface area contributed by atoms with Crippen molar-refractivity contribution in [2.75, 3.05) is 24.2 Å². The van der Waals surface area contributed by atoms with E-state index in [1.807, 2.05) is 6.07 Å². The molecule has 2 fully saturated rings. The third-order valence-electron chi connectivity index (χ3n) is 7.39. The Hall–Kier alpha value is -2.87. The second kappa shape index (κ2) is 5.68. The minimum atomic E-state index is -3.45. The van der Waals surface area contributed by atoms with Crippen molar-refractivity contribution in [3.8, 4) is 11.3 Å². The fourth-order valence-corrected chi connectivity index (χ4v) is 6.50. The fraction of sp³-hybridized carbons (Fsp3) is 0.348. The number of carbonyl (C=O) groups excluding carboxylic acids is 1. The van der Waals surface area contributed by atoms with Crippen LogP contribution in [0.1, 0.15) is 35.2 Å². The van der Waals surface area contributed by atoms with E-state index >= 15 is 0 Å². The molecule has 3 aliphatic rings. The van der Waals surface area contributed by atoms with Gasteiger partial charge in [-0.15, -0.1) is 0 Å². The van der Waals surface area contributed by atoms with Gasteiger partial charge in [-0.25, -0.2) is 12.8 Å². The lowest BCUT2D eigenvalue weighted by Gasteiger charge is -2.26. The van der Waals surface area contributed by atoms with E-state index in [1.165, 1.54) is 22.7 Å². The molecule has 1 aromatic heterocycles. The number of hydrogen-bond donors (Lipinski definition) is 1. The first kappa shape index (κ1) is 18.9. The van der Waals surface area contributed by atoms with Gasteiger partial charge in [-0.3, -0.25) is 9.10 Å². The standard InChI is InChI=1S/C23H21FN2O4S/c1-25-21(27)19-15-9-16-17(10-18(15)30-20(19)13-3-5-14(24)6-4-13)26(31(2,28)29)8-7-22-11-23(16,22)12-22/h3-6,9-10H,7-8,11-12H2,1-2H3,(H,25,27). The monoisotopic (exact) mass is 440 g/mol. The van der Waals surface area contributed by atoms with Gasteiger partial charge in [-0.2, -0.15) is 0 Å². The lowest BCUT2D eigenvalue weighted by Crippen LogP contribution is -2.32. The summed E-state index contributed by atoms with van der Waals surface area (Å²) in [5.41, 5.74) is 3.25. The van der Waals surface area contributed by atoms with Crippen molar-refractivity contribution in [2.45, 2.75) is 24.7 Å². The molecular weight excluding hydrogens is 419 g/mol. The molecule has 160 valence electrons. The van der Waals surface area contributed by atoms with Crippen molar-refractivity contribution in [3.63, 3.8) is 0 Å². The zero-order valence-corrected chi connectivity index (χ0v) is 18.0. The van der Waals surface area contributed by atoms with Gasteiger partial charge in [0.05, 0.1) is 17.5 Å². The summed E-state index contributed by atoms with van der Waals surface area (Å²) < 4.78 is 46.1. The molecule has 8 heteroatoms. The summed E-state index contributed by atoms with van der Waals surface area (Å²) in [5, 5.41) is 3.32. The minimum Gasteiger partial charge on any atom is -0.455 e. The number of amides is 1. The zero-order valence-electron chi connectivity index (χ0n) is 17.2. The summed E-state index contributed by atoms with van der Waals surface area (Å²) in [6, 6.07) is 9.48. The normalized spacial score (nSPS) is 26.0. The molecule has 1 aliphatic heterocycles. The predicted molar refractivity (Wildman–Crippen MR) is 115 cm³/mol. The molecule has 1 N–H and O–H groups in total. The Labute approximate surface area is 179 Å². The van der Waals surface area contributed by atoms with Crippen LogP contribution in [0.25, 0.3) is 22.3 Å². The maximum absolute atomic E-state index is 13.5. The highest BCUT2D eigenvalue weighted by atomic mass is 32.2. The molecule has 3 aromatic rings. The Morgan fingerprint density at radius 3 is 2.55 bits per heavy atom. The molecule has 2 aromatic carbocycles. The van der Waals surface area contributed by atoms with E-state index in [0.29, 0.717) is 40.1 Å². The zero-order chi connectivity index (χ0) is 21.8. The molecule has 31 heavy (non-hydrogen) atoms. The van der Waals surface area contributed by atoms with Crippen molar-refractivity contribution in [2.24, 2.45) is 5.41 Å². The first-order valence-electron chi connectivity index (χ1n) is 10.3. The molecule has 2 heterocycles. The molecule has 0 spiro atoms. The van der Waals surface area contributed by atoms with Crippen LogP contribution >= 0.6 is 0 Å². The Kier molecular flexibility index (Phi) is 3.45. The van der Waals surface area contributed by atoms with E-state index in [0.717, 1.165) is 24.8 Å². The number of fused-ring (bicyclic) bond motifs is 2. The van der Waals surface area contributed by atoms with Crippen molar-refractivity contribution < 1.29 is 22.0 Å². The number of nitrogens with one attached hydrogen (secondary N) is 1. The maximum Gasteiger partial charge on any atom is 0.255 e. The SMILES string of the molecule is CNC(=O)c1c(-c2ccc(F)cc2)oc2cc3c(cc12)C12CC1(CCN3S(C)(=O)=O)C2. The summed E-state index contributed by atoms with van der Waals surface area (Å²) in [6.07, 6.45) is 4.20. The highest BCUT2D eigenvalue weighted by Crippen LogP contribution is 2.89. The highest BCUT2D eigenvalue weighted by Gasteiger charge is 2.83. The molecule has 6 nitrogen and oxygen atoms in total. The van der Waals surface area contributed by atoms with Crippen molar-refractivity contribution in [3.05, 3.63) is 53.3 Å². The Bertz CT molecular complexity index is 1390. The average molecular weight is 440 g/mol. The van der Waals surface area contributed by atoms with Crippen LogP contribution in [0.5, 0.6) is 0 Å². The first-order chi connectivity index (χ1) is 14.7. The summed E-state index contributed by atoms with van der Waals surface area (Å²) >= 11 is 0. The van der Waals surface area contributed by atoms with Crippen LogP contribution in [0.15, 0.2) is 40.8 Å². The quantitative estimate of drug-likeness (QED) is 0.672. The van der Waals surface area contributed by atoms with E-state index < -0.39 is 10.0 Å². The molecule has 1 amide bonds. The Morgan fingerprint density at radius 2 is 1.90 bits per heavy atom. The van der Waals surface area contributed by atoms with E-state index in [2.05, 4.69) is 5.32 Å². The topological polar surface area (TPSA) is 79.6 Å². The largest absolute Gasteiger partial charge is 0.455 e. The second-order valence-corrected chi connectivity index (χ2v) is 11.0. The molecule has 0 saturated heterocycles. The van der Waals surface area contributed by atoms with Crippen LogP contribution in [-0.4, -0.2) is 34.2 Å². The van der Waals surface area contributed by atoms with Crippen LogP contribution in [0.2, 0.25) is 0 Å². The highest BCUT2D eigenvalue weighted by molar-refractivity contribution is 7.92. The van der Waals surface area contributed by atoms with Crippen molar-refractivity contribution in [1.82, 2.24) is 5.32 Å². The second-order valence-electron chi connectivity index (χ2n) is 9.06. The third kappa shape index (κ3) is 2.42. The lowest BCUT2D eigenvalue weighted by atomic mass is 9.96. The number of furan rings is 1. The van der Waals surface area contributed by atoms with E-state index in [4.69, 9.17) is 4.42 Å². The number of hydrogen-bond acceptors (Lipinski definition) is 4. The van der Waals surface area contributed by atoms with E-state index in [-0.39, 0.29) is 22.6 Å². The lowest BCUT2D eigenvalue weighted by molar-refractivity contribution is 0.0964. The van der Waals surface area contributed by atoms with Gasteiger partial charge in [0, 0.05) is 36.0 Å². The van der Waals surface area contributed by atoms with Gasteiger partial charge in [0.15, 0.2) is 0 Å². The van der Waals surface area contributed by atoms with Gasteiger partial charge in [0.2, 0.25) is 10.0 Å². The van der Waals surface area contributed by atoms with Crippen molar-refractivity contribution >= 4 is 32.6 Å². The summed E-state index contributed by atoms with van der Waals surface area (Å²) in [7, 11) is -1.90. The van der Waals surface area contributed by atoms with Crippen molar-refractivity contribution in [1.29, 1.82) is 0 Å². The number of carbonyl (C=O) groups is 1. The summed E-state index contributed by atoms with van der Waals surface area (Å²) in [4.78, 5) is 12.8. The Morgan fingerprint density at radius 1 is 1.19 bits per heavy atom. The summed E-state index contributed by atoms with van der Waals surface area (Å²) in [6.45, 7) is 0.451. The smallest absolute Gasteiger partial charge is 0.255 e. The number of sulfonamides is 1. The number of benzene rings is 2. The number of nitrogens with zero attached hydrogens (tertiary/aromatic N) is 1. The maximum atomic E-state index is 13.5. The van der Waals surface area contributed by atoms with Crippen LogP contribution < -0.4 is 9.62 Å². The van der Waals surface area contributed by atoms with Gasteiger partial charge in [-0.1, -0.05) is 0 Å². The average Bonchev–Trinajstić information content (AvgIpc) is 3.49. The molecular formula is C23H21FN2O4S. The predicted octanol–water partition coefficient (Wildman–Crippen LogP) is 3.80. The van der Waals surface area contributed by atoms with Crippen LogP contribution in [-0.2, 0) is 15.4 Å². The molecule has 0 radical (unpaired) electrons. The number of anilines is 1. The van der Waals surface area contributed by atoms with Crippen LogP contribution in [0.4, 0.5) is 10.1 Å². The third-order valence-corrected chi connectivity index (χ3v) is 8.57. The fourth-order valence-electron chi connectivity index (χ4n) is 5.56. The molecule has 2 saturated carbocycles. The van der Waals surface area contributed by atoms with Gasteiger partial charge < -0.3 is 9.73 Å². The molecule has 0 unspecified atom stereocenters. The number of rotatable bonds is 3. The molecule has 0 atom stereocenters. The van der Waals surface area contributed by atoms with Crippen LogP contribution in [0.3, 0.4) is 0 Å². The molecule has 6 rings (SSSR count).